The third kappa shape index (κ3) is 3.42. The molecule has 0 spiro atoms. The number of hydrogen-bond acceptors (Lipinski definition) is 5. The highest BCUT2D eigenvalue weighted by Gasteiger charge is 2.42. The van der Waals surface area contributed by atoms with Crippen LogP contribution >= 0.6 is 15.9 Å². The van der Waals surface area contributed by atoms with Gasteiger partial charge < -0.3 is 19.2 Å². The van der Waals surface area contributed by atoms with Gasteiger partial charge in [-0.2, -0.15) is 0 Å². The van der Waals surface area contributed by atoms with Crippen LogP contribution in [0.2, 0.25) is 0 Å². The highest BCUT2D eigenvalue weighted by atomic mass is 79.9. The molecule has 2 aromatic rings. The lowest BCUT2D eigenvalue weighted by Crippen LogP contribution is -2.47. The molecule has 1 saturated heterocycles. The SMILES string of the molecule is CC[C@@H]1CN2CCc3c([nH]c4c(Br)ccc(OC)c34)[C@@H]2C[C@@H]1/C(=C\OC)C(=O)OC. The minimum atomic E-state index is -0.300. The number of hydrogen-bond donors (Lipinski definition) is 1. The van der Waals surface area contributed by atoms with Gasteiger partial charge >= 0.3 is 5.97 Å². The molecule has 3 atom stereocenters. The number of nitrogens with zero attached hydrogens (tertiary/aromatic N) is 1. The van der Waals surface area contributed by atoms with Crippen molar-refractivity contribution in [2.45, 2.75) is 32.2 Å². The van der Waals surface area contributed by atoms with Gasteiger partial charge in [-0.05, 0) is 58.3 Å². The Balaban J connectivity index is 1.79. The Morgan fingerprint density at radius 3 is 2.80 bits per heavy atom. The summed E-state index contributed by atoms with van der Waals surface area (Å²) in [5, 5.41) is 1.16. The van der Waals surface area contributed by atoms with Gasteiger partial charge in [0, 0.05) is 28.6 Å². The predicted octanol–water partition coefficient (Wildman–Crippen LogP) is 4.59. The average Bonchev–Trinajstić information content (AvgIpc) is 3.17. The molecule has 6 nitrogen and oxygen atoms in total. The summed E-state index contributed by atoms with van der Waals surface area (Å²) in [4.78, 5) is 18.8. The molecule has 3 heterocycles. The number of H-pyrrole nitrogens is 1. The number of fused-ring (bicyclic) bond motifs is 5. The van der Waals surface area contributed by atoms with Crippen molar-refractivity contribution in [2.75, 3.05) is 34.4 Å². The van der Waals surface area contributed by atoms with Crippen molar-refractivity contribution in [3.05, 3.63) is 39.7 Å². The molecule has 1 aromatic heterocycles. The molecule has 0 aliphatic carbocycles. The number of benzene rings is 1. The summed E-state index contributed by atoms with van der Waals surface area (Å²) in [5.74, 6) is 1.07. The van der Waals surface area contributed by atoms with Crippen LogP contribution in [0.5, 0.6) is 5.75 Å². The molecule has 0 bridgehead atoms. The molecular formula is C23H29BrN2O4. The standard InChI is InChI=1S/C23H29BrN2O4/c1-5-13-11-26-9-8-14-20-19(29-3)7-6-17(24)22(20)25-21(14)18(26)10-15(13)16(12-28-2)23(27)30-4/h6-7,12-13,15,18,25H,5,8-11H2,1-4H3/b16-12+/t13-,15+,18+/m1/s1. The second-order valence-corrected chi connectivity index (χ2v) is 8.94. The van der Waals surface area contributed by atoms with E-state index in [1.54, 1.807) is 20.5 Å². The van der Waals surface area contributed by atoms with Gasteiger partial charge in [0.15, 0.2) is 0 Å². The van der Waals surface area contributed by atoms with Gasteiger partial charge in [-0.3, -0.25) is 4.90 Å². The molecule has 162 valence electrons. The van der Waals surface area contributed by atoms with Crippen molar-refractivity contribution in [3.63, 3.8) is 0 Å². The zero-order valence-electron chi connectivity index (χ0n) is 18.0. The number of methoxy groups -OCH3 is 3. The predicted molar refractivity (Wildman–Crippen MR) is 120 cm³/mol. The molecule has 1 aromatic carbocycles. The smallest absolute Gasteiger partial charge is 0.337 e. The van der Waals surface area contributed by atoms with E-state index < -0.39 is 0 Å². The van der Waals surface area contributed by atoms with E-state index in [0.29, 0.717) is 11.5 Å². The van der Waals surface area contributed by atoms with Gasteiger partial charge in [0.2, 0.25) is 0 Å². The molecule has 4 rings (SSSR count). The van der Waals surface area contributed by atoms with Crippen LogP contribution in [0.3, 0.4) is 0 Å². The lowest BCUT2D eigenvalue weighted by Gasteiger charge is -2.46. The fourth-order valence-electron chi connectivity index (χ4n) is 5.31. The Kier molecular flexibility index (Phi) is 6.11. The molecule has 1 N–H and O–H groups in total. The van der Waals surface area contributed by atoms with Gasteiger partial charge in [-0.1, -0.05) is 13.3 Å². The molecular weight excluding hydrogens is 448 g/mol. The van der Waals surface area contributed by atoms with E-state index in [1.807, 2.05) is 12.1 Å². The first-order chi connectivity index (χ1) is 14.5. The number of piperidine rings is 1. The number of carbonyl (C=O) groups is 1. The van der Waals surface area contributed by atoms with Crippen molar-refractivity contribution in [2.24, 2.45) is 11.8 Å². The van der Waals surface area contributed by atoms with E-state index >= 15 is 0 Å². The van der Waals surface area contributed by atoms with Gasteiger partial charge in [0.25, 0.3) is 0 Å². The average molecular weight is 477 g/mol. The molecule has 30 heavy (non-hydrogen) atoms. The number of rotatable bonds is 5. The summed E-state index contributed by atoms with van der Waals surface area (Å²) in [6.45, 7) is 4.15. The zero-order chi connectivity index (χ0) is 21.4. The van der Waals surface area contributed by atoms with Crippen LogP contribution in [0.25, 0.3) is 10.9 Å². The first kappa shape index (κ1) is 21.2. The zero-order valence-corrected chi connectivity index (χ0v) is 19.5. The van der Waals surface area contributed by atoms with Crippen LogP contribution in [0.4, 0.5) is 0 Å². The van der Waals surface area contributed by atoms with E-state index in [1.165, 1.54) is 18.4 Å². The van der Waals surface area contributed by atoms with Crippen LogP contribution in [0.1, 0.15) is 37.1 Å². The minimum absolute atomic E-state index is 0.0892. The maximum atomic E-state index is 12.5. The molecule has 0 radical (unpaired) electrons. The number of carbonyl (C=O) groups excluding carboxylic acids is 1. The molecule has 7 heteroatoms. The van der Waals surface area contributed by atoms with E-state index in [0.717, 1.165) is 53.5 Å². The van der Waals surface area contributed by atoms with Gasteiger partial charge in [-0.25, -0.2) is 4.79 Å². The molecule has 2 aliphatic rings. The van der Waals surface area contributed by atoms with Crippen LogP contribution < -0.4 is 4.74 Å². The van der Waals surface area contributed by atoms with Crippen LogP contribution in [-0.4, -0.2) is 50.3 Å². The molecule has 0 amide bonds. The summed E-state index contributed by atoms with van der Waals surface area (Å²) < 4.78 is 17.1. The Morgan fingerprint density at radius 1 is 1.33 bits per heavy atom. The topological polar surface area (TPSA) is 63.8 Å². The number of esters is 1. The fraction of sp³-hybridized carbons (Fsp3) is 0.522. The van der Waals surface area contributed by atoms with E-state index in [-0.39, 0.29) is 17.9 Å². The first-order valence-electron chi connectivity index (χ1n) is 10.5. The third-order valence-electron chi connectivity index (χ3n) is 6.75. The van der Waals surface area contributed by atoms with Crippen molar-refractivity contribution >= 4 is 32.8 Å². The Morgan fingerprint density at radius 2 is 2.13 bits per heavy atom. The molecule has 0 unspecified atom stereocenters. The number of aromatic nitrogens is 1. The summed E-state index contributed by atoms with van der Waals surface area (Å²) in [5.41, 5.74) is 4.28. The van der Waals surface area contributed by atoms with Gasteiger partial charge in [0.05, 0.1) is 44.7 Å². The molecule has 0 saturated carbocycles. The third-order valence-corrected chi connectivity index (χ3v) is 7.41. The van der Waals surface area contributed by atoms with E-state index in [2.05, 4.69) is 32.7 Å². The van der Waals surface area contributed by atoms with Crippen LogP contribution in [0, 0.1) is 11.8 Å². The Hall–Kier alpha value is -1.99. The summed E-state index contributed by atoms with van der Waals surface area (Å²) in [7, 11) is 4.74. The maximum Gasteiger partial charge on any atom is 0.337 e. The quantitative estimate of drug-likeness (QED) is 0.388. The van der Waals surface area contributed by atoms with Crippen LogP contribution in [-0.2, 0) is 20.7 Å². The minimum Gasteiger partial charge on any atom is -0.504 e. The van der Waals surface area contributed by atoms with Crippen molar-refractivity contribution in [1.82, 2.24) is 9.88 Å². The number of nitrogens with one attached hydrogen (secondary N) is 1. The first-order valence-corrected chi connectivity index (χ1v) is 11.2. The lowest BCUT2D eigenvalue weighted by molar-refractivity contribution is -0.137. The Labute approximate surface area is 185 Å². The van der Waals surface area contributed by atoms with E-state index in [4.69, 9.17) is 14.2 Å². The molecule has 2 aliphatic heterocycles. The van der Waals surface area contributed by atoms with Crippen molar-refractivity contribution < 1.29 is 19.0 Å². The number of halogens is 1. The largest absolute Gasteiger partial charge is 0.504 e. The van der Waals surface area contributed by atoms with Crippen molar-refractivity contribution in [3.8, 4) is 5.75 Å². The number of aromatic amines is 1. The van der Waals surface area contributed by atoms with Crippen LogP contribution in [0.15, 0.2) is 28.4 Å². The highest BCUT2D eigenvalue weighted by Crippen LogP contribution is 2.47. The van der Waals surface area contributed by atoms with Gasteiger partial charge in [-0.15, -0.1) is 0 Å². The van der Waals surface area contributed by atoms with Gasteiger partial charge in [0.1, 0.15) is 5.75 Å². The normalized spacial score (nSPS) is 24.3. The van der Waals surface area contributed by atoms with E-state index in [9.17, 15) is 4.79 Å². The summed E-state index contributed by atoms with van der Waals surface area (Å²) >= 11 is 3.69. The Bertz CT molecular complexity index is 983. The number of ether oxygens (including phenoxy) is 3. The second kappa shape index (κ2) is 8.63. The monoisotopic (exact) mass is 476 g/mol. The fourth-order valence-corrected chi connectivity index (χ4v) is 5.74. The van der Waals surface area contributed by atoms with Crippen molar-refractivity contribution in [1.29, 1.82) is 0 Å². The molecule has 1 fully saturated rings. The summed E-state index contributed by atoms with van der Waals surface area (Å²) in [6.07, 6.45) is 4.41. The second-order valence-electron chi connectivity index (χ2n) is 8.09. The lowest BCUT2D eigenvalue weighted by atomic mass is 9.74. The summed E-state index contributed by atoms with van der Waals surface area (Å²) in [6, 6.07) is 4.25. The maximum absolute atomic E-state index is 12.5. The highest BCUT2D eigenvalue weighted by molar-refractivity contribution is 9.10.